The molecule has 0 atom stereocenters. The summed E-state index contributed by atoms with van der Waals surface area (Å²) in [5.41, 5.74) is 3.67. The summed E-state index contributed by atoms with van der Waals surface area (Å²) < 4.78 is 5.62. The zero-order chi connectivity index (χ0) is 18.4. The van der Waals surface area contributed by atoms with Gasteiger partial charge in [0.1, 0.15) is 6.26 Å². The molecule has 0 saturated heterocycles. The van der Waals surface area contributed by atoms with Crippen LogP contribution in [0.5, 0.6) is 0 Å². The largest absolute Gasteiger partial charge is 0.444 e. The van der Waals surface area contributed by atoms with Gasteiger partial charge in [-0.05, 0) is 43.7 Å². The molecule has 0 spiro atoms. The first-order chi connectivity index (χ1) is 12.6. The van der Waals surface area contributed by atoms with Gasteiger partial charge >= 0.3 is 0 Å². The molecule has 1 saturated carbocycles. The van der Waals surface area contributed by atoms with Crippen molar-refractivity contribution in [3.05, 3.63) is 41.8 Å². The molecule has 0 bridgehead atoms. The minimum absolute atomic E-state index is 0. The van der Waals surface area contributed by atoms with Crippen LogP contribution in [0, 0.1) is 12.3 Å². The number of aliphatic imine (C=N–C) groups is 1. The van der Waals surface area contributed by atoms with Crippen molar-refractivity contribution in [2.45, 2.75) is 46.0 Å². The predicted molar refractivity (Wildman–Crippen MR) is 122 cm³/mol. The quantitative estimate of drug-likeness (QED) is 0.345. The number of guanidine groups is 1. The average Bonchev–Trinajstić information content (AvgIpc) is 3.09. The molecule has 1 aliphatic rings. The third-order valence-corrected chi connectivity index (χ3v) is 5.54. The van der Waals surface area contributed by atoms with Gasteiger partial charge in [0.2, 0.25) is 5.89 Å². The first-order valence-corrected chi connectivity index (χ1v) is 9.60. The van der Waals surface area contributed by atoms with Crippen LogP contribution in [0.4, 0.5) is 0 Å². The molecule has 6 heteroatoms. The topological polar surface area (TPSA) is 62.5 Å². The van der Waals surface area contributed by atoms with Crippen LogP contribution in [0.15, 0.2) is 39.9 Å². The van der Waals surface area contributed by atoms with Gasteiger partial charge < -0.3 is 15.1 Å². The summed E-state index contributed by atoms with van der Waals surface area (Å²) in [5.74, 6) is 1.55. The Morgan fingerprint density at radius 1 is 1.22 bits per heavy atom. The van der Waals surface area contributed by atoms with Crippen LogP contribution in [0.2, 0.25) is 0 Å². The highest BCUT2D eigenvalue weighted by Crippen LogP contribution is 2.42. The minimum Gasteiger partial charge on any atom is -0.444 e. The Morgan fingerprint density at radius 2 is 1.96 bits per heavy atom. The second-order valence-electron chi connectivity index (χ2n) is 7.32. The number of benzene rings is 1. The van der Waals surface area contributed by atoms with Crippen LogP contribution < -0.4 is 10.6 Å². The van der Waals surface area contributed by atoms with E-state index in [1.807, 2.05) is 19.2 Å². The summed E-state index contributed by atoms with van der Waals surface area (Å²) >= 11 is 0. The molecule has 27 heavy (non-hydrogen) atoms. The van der Waals surface area contributed by atoms with Crippen LogP contribution in [0.1, 0.15) is 43.9 Å². The van der Waals surface area contributed by atoms with Crippen LogP contribution in [-0.4, -0.2) is 31.1 Å². The Balaban J connectivity index is 0.00000261. The Kier molecular flexibility index (Phi) is 8.13. The summed E-state index contributed by atoms with van der Waals surface area (Å²) in [5, 5.41) is 6.86. The number of rotatable bonds is 7. The number of hydrogen-bond acceptors (Lipinski definition) is 3. The molecule has 3 rings (SSSR count). The van der Waals surface area contributed by atoms with Crippen molar-refractivity contribution in [1.82, 2.24) is 15.6 Å². The molecular formula is C21H31IN4O. The normalized spacial score (nSPS) is 15.6. The van der Waals surface area contributed by atoms with E-state index in [1.54, 1.807) is 6.26 Å². The molecule has 1 aromatic carbocycles. The first-order valence-electron chi connectivity index (χ1n) is 9.60. The summed E-state index contributed by atoms with van der Waals surface area (Å²) in [6, 6.07) is 8.22. The number of halogens is 1. The Hall–Kier alpha value is -1.57. The molecule has 0 radical (unpaired) electrons. The Morgan fingerprint density at radius 3 is 2.56 bits per heavy atom. The maximum absolute atomic E-state index is 5.62. The van der Waals surface area contributed by atoms with E-state index in [1.165, 1.54) is 31.2 Å². The highest BCUT2D eigenvalue weighted by atomic mass is 127. The van der Waals surface area contributed by atoms with Gasteiger partial charge in [-0.1, -0.05) is 31.0 Å². The van der Waals surface area contributed by atoms with Crippen molar-refractivity contribution in [2.24, 2.45) is 10.4 Å². The average molecular weight is 482 g/mol. The number of aryl methyl sites for hydroxylation is 1. The third-order valence-electron chi connectivity index (χ3n) is 5.54. The van der Waals surface area contributed by atoms with E-state index in [2.05, 4.69) is 46.6 Å². The maximum atomic E-state index is 5.62. The molecule has 148 valence electrons. The molecule has 1 heterocycles. The molecule has 0 aliphatic heterocycles. The minimum atomic E-state index is 0. The zero-order valence-corrected chi connectivity index (χ0v) is 18.9. The molecular weight excluding hydrogens is 451 g/mol. The highest BCUT2D eigenvalue weighted by Gasteiger charge is 2.34. The molecule has 5 nitrogen and oxygen atoms in total. The molecule has 2 aromatic rings. The van der Waals surface area contributed by atoms with Gasteiger partial charge in [0.15, 0.2) is 5.96 Å². The third kappa shape index (κ3) is 5.70. The first kappa shape index (κ1) is 21.7. The highest BCUT2D eigenvalue weighted by molar-refractivity contribution is 14.0. The van der Waals surface area contributed by atoms with Gasteiger partial charge in [0.25, 0.3) is 0 Å². The lowest BCUT2D eigenvalue weighted by molar-refractivity contribution is 0.131. The Labute approximate surface area is 179 Å². The second kappa shape index (κ2) is 10.1. The second-order valence-corrected chi connectivity index (χ2v) is 7.32. The fourth-order valence-electron chi connectivity index (χ4n) is 3.38. The van der Waals surface area contributed by atoms with Crippen LogP contribution >= 0.6 is 24.0 Å². The number of aromatic nitrogens is 1. The fraction of sp³-hybridized carbons (Fsp3) is 0.524. The van der Waals surface area contributed by atoms with E-state index < -0.39 is 0 Å². The lowest BCUT2D eigenvalue weighted by Gasteiger charge is -2.41. The smallest absolute Gasteiger partial charge is 0.226 e. The lowest BCUT2D eigenvalue weighted by atomic mass is 9.67. The predicted octanol–water partition coefficient (Wildman–Crippen LogP) is 4.56. The van der Waals surface area contributed by atoms with Gasteiger partial charge in [-0.3, -0.25) is 4.99 Å². The molecule has 1 aromatic heterocycles. The molecule has 0 amide bonds. The van der Waals surface area contributed by atoms with E-state index in [0.29, 0.717) is 11.3 Å². The van der Waals surface area contributed by atoms with Crippen LogP contribution in [0.3, 0.4) is 0 Å². The Bertz CT molecular complexity index is 729. The summed E-state index contributed by atoms with van der Waals surface area (Å²) in [6.45, 7) is 6.14. The van der Waals surface area contributed by atoms with Crippen molar-refractivity contribution >= 4 is 29.9 Å². The van der Waals surface area contributed by atoms with Gasteiger partial charge in [-0.25, -0.2) is 4.98 Å². The van der Waals surface area contributed by atoms with E-state index in [-0.39, 0.29) is 24.0 Å². The SMILES string of the molecule is CCC1(CNC(=NC)NCCc2coc(-c3ccc(C)cc3)n2)CCC1.I. The van der Waals surface area contributed by atoms with Gasteiger partial charge in [0.05, 0.1) is 5.69 Å². The van der Waals surface area contributed by atoms with E-state index in [4.69, 9.17) is 4.42 Å². The van der Waals surface area contributed by atoms with E-state index >= 15 is 0 Å². The summed E-state index contributed by atoms with van der Waals surface area (Å²) in [7, 11) is 1.82. The summed E-state index contributed by atoms with van der Waals surface area (Å²) in [4.78, 5) is 8.91. The van der Waals surface area contributed by atoms with Gasteiger partial charge in [-0.2, -0.15) is 0 Å². The molecule has 1 aliphatic carbocycles. The fourth-order valence-corrected chi connectivity index (χ4v) is 3.38. The van der Waals surface area contributed by atoms with E-state index in [0.717, 1.165) is 36.7 Å². The molecule has 1 fully saturated rings. The zero-order valence-electron chi connectivity index (χ0n) is 16.5. The van der Waals surface area contributed by atoms with Crippen LogP contribution in [0.25, 0.3) is 11.5 Å². The lowest BCUT2D eigenvalue weighted by Crippen LogP contribution is -2.46. The number of nitrogens with one attached hydrogen (secondary N) is 2. The van der Waals surface area contributed by atoms with E-state index in [9.17, 15) is 0 Å². The van der Waals surface area contributed by atoms with Crippen molar-refractivity contribution < 1.29 is 4.42 Å². The van der Waals surface area contributed by atoms with Crippen LogP contribution in [-0.2, 0) is 6.42 Å². The van der Waals surface area contributed by atoms with Crippen molar-refractivity contribution in [1.29, 1.82) is 0 Å². The summed E-state index contributed by atoms with van der Waals surface area (Å²) in [6.07, 6.45) is 7.79. The van der Waals surface area contributed by atoms with Crippen molar-refractivity contribution in [3.63, 3.8) is 0 Å². The van der Waals surface area contributed by atoms with Gasteiger partial charge in [-0.15, -0.1) is 24.0 Å². The number of nitrogens with zero attached hydrogens (tertiary/aromatic N) is 2. The maximum Gasteiger partial charge on any atom is 0.226 e. The molecule has 0 unspecified atom stereocenters. The standard InChI is InChI=1S/C21H30N4O.HI/c1-4-21(11-5-12-21)15-24-20(22-3)23-13-10-18-14-26-19(25-18)17-8-6-16(2)7-9-17;/h6-9,14H,4-5,10-13,15H2,1-3H3,(H2,22,23,24);1H. The van der Waals surface area contributed by atoms with Crippen molar-refractivity contribution in [2.75, 3.05) is 20.1 Å². The van der Waals surface area contributed by atoms with Crippen molar-refractivity contribution in [3.8, 4) is 11.5 Å². The molecule has 2 N–H and O–H groups in total. The number of hydrogen-bond donors (Lipinski definition) is 2. The number of oxazole rings is 1. The monoisotopic (exact) mass is 482 g/mol. The van der Waals surface area contributed by atoms with Gasteiger partial charge in [0, 0.05) is 32.1 Å².